The fourth-order valence-electron chi connectivity index (χ4n) is 0.880. The summed E-state index contributed by atoms with van der Waals surface area (Å²) in [5.41, 5.74) is 0.615. The van der Waals surface area contributed by atoms with Gasteiger partial charge in [0.15, 0.2) is 0 Å². The highest BCUT2D eigenvalue weighted by Crippen LogP contribution is 2.29. The summed E-state index contributed by atoms with van der Waals surface area (Å²) >= 11 is 11.6. The van der Waals surface area contributed by atoms with E-state index in [0.717, 1.165) is 0 Å². The second kappa shape index (κ2) is 5.08. The summed E-state index contributed by atoms with van der Waals surface area (Å²) in [5.74, 6) is -0.360. The van der Waals surface area contributed by atoms with Crippen molar-refractivity contribution in [3.8, 4) is 0 Å². The topological polar surface area (TPSA) is 38.3 Å². The Kier molecular flexibility index (Phi) is 4.04. The SMILES string of the molecule is COC(=O)CNc1cccc(Cl)c1Cl. The number of nitrogens with one attached hydrogen (secondary N) is 1. The predicted octanol–water partition coefficient (Wildman–Crippen LogP) is 2.58. The highest BCUT2D eigenvalue weighted by atomic mass is 35.5. The quantitative estimate of drug-likeness (QED) is 0.817. The maximum Gasteiger partial charge on any atom is 0.325 e. The molecule has 5 heteroatoms. The molecule has 1 aromatic rings. The van der Waals surface area contributed by atoms with Gasteiger partial charge in [-0.1, -0.05) is 29.3 Å². The van der Waals surface area contributed by atoms with Crippen LogP contribution < -0.4 is 5.32 Å². The molecule has 0 aliphatic rings. The zero-order chi connectivity index (χ0) is 10.6. The van der Waals surface area contributed by atoms with Gasteiger partial charge in [-0.15, -0.1) is 0 Å². The second-order valence-electron chi connectivity index (χ2n) is 2.53. The Morgan fingerprint density at radius 1 is 1.50 bits per heavy atom. The fraction of sp³-hybridized carbons (Fsp3) is 0.222. The minimum atomic E-state index is -0.360. The van der Waals surface area contributed by atoms with Gasteiger partial charge in [0.1, 0.15) is 6.54 Å². The molecule has 0 saturated carbocycles. The lowest BCUT2D eigenvalue weighted by Gasteiger charge is -2.07. The van der Waals surface area contributed by atoms with Crippen molar-refractivity contribution in [1.29, 1.82) is 0 Å². The van der Waals surface area contributed by atoms with Crippen LogP contribution in [-0.4, -0.2) is 19.6 Å². The van der Waals surface area contributed by atoms with Gasteiger partial charge in [0.25, 0.3) is 0 Å². The van der Waals surface area contributed by atoms with E-state index in [4.69, 9.17) is 23.2 Å². The van der Waals surface area contributed by atoms with Crippen LogP contribution in [0, 0.1) is 0 Å². The maximum absolute atomic E-state index is 10.8. The summed E-state index contributed by atoms with van der Waals surface area (Å²) in [6, 6.07) is 5.15. The number of hydrogen-bond donors (Lipinski definition) is 1. The van der Waals surface area contributed by atoms with E-state index in [1.165, 1.54) is 7.11 Å². The minimum absolute atomic E-state index is 0.0660. The van der Waals surface area contributed by atoms with Gasteiger partial charge in [-0.25, -0.2) is 0 Å². The highest BCUT2D eigenvalue weighted by molar-refractivity contribution is 6.43. The Morgan fingerprint density at radius 2 is 2.21 bits per heavy atom. The molecule has 0 fully saturated rings. The van der Waals surface area contributed by atoms with E-state index >= 15 is 0 Å². The summed E-state index contributed by atoms with van der Waals surface area (Å²) in [6.45, 7) is 0.0660. The maximum atomic E-state index is 10.8. The van der Waals surface area contributed by atoms with E-state index in [1.54, 1.807) is 18.2 Å². The number of esters is 1. The Bertz CT molecular complexity index is 342. The van der Waals surface area contributed by atoms with E-state index in [1.807, 2.05) is 0 Å². The summed E-state index contributed by atoms with van der Waals surface area (Å²) in [7, 11) is 1.32. The van der Waals surface area contributed by atoms with Crippen molar-refractivity contribution in [2.75, 3.05) is 19.0 Å². The van der Waals surface area contributed by atoms with Crippen LogP contribution in [0.4, 0.5) is 5.69 Å². The van der Waals surface area contributed by atoms with Gasteiger partial charge in [0.05, 0.1) is 22.8 Å². The van der Waals surface area contributed by atoms with E-state index in [0.29, 0.717) is 15.7 Å². The van der Waals surface area contributed by atoms with Gasteiger partial charge in [0, 0.05) is 0 Å². The molecule has 0 aliphatic heterocycles. The molecule has 3 nitrogen and oxygen atoms in total. The summed E-state index contributed by atoms with van der Waals surface area (Å²) in [4.78, 5) is 10.8. The molecule has 76 valence electrons. The van der Waals surface area contributed by atoms with Crippen LogP contribution in [-0.2, 0) is 9.53 Å². The summed E-state index contributed by atoms with van der Waals surface area (Å²) in [6.07, 6.45) is 0. The van der Waals surface area contributed by atoms with Crippen LogP contribution in [0.1, 0.15) is 0 Å². The molecule has 1 N–H and O–H groups in total. The zero-order valence-electron chi connectivity index (χ0n) is 7.51. The first-order valence-electron chi connectivity index (χ1n) is 3.90. The molecule has 0 amide bonds. The summed E-state index contributed by atoms with van der Waals surface area (Å²) < 4.78 is 4.46. The van der Waals surface area contributed by atoms with E-state index in [9.17, 15) is 4.79 Å². The van der Waals surface area contributed by atoms with Gasteiger partial charge in [-0.2, -0.15) is 0 Å². The Hall–Kier alpha value is -0.930. The van der Waals surface area contributed by atoms with Gasteiger partial charge >= 0.3 is 5.97 Å². The van der Waals surface area contributed by atoms with Crippen molar-refractivity contribution < 1.29 is 9.53 Å². The number of methoxy groups -OCH3 is 1. The third kappa shape index (κ3) is 2.79. The normalized spacial score (nSPS) is 9.64. The molecule has 1 aromatic carbocycles. The predicted molar refractivity (Wildman–Crippen MR) is 57.0 cm³/mol. The molecule has 14 heavy (non-hydrogen) atoms. The molecular formula is C9H9Cl2NO2. The largest absolute Gasteiger partial charge is 0.468 e. The Labute approximate surface area is 92.0 Å². The average molecular weight is 234 g/mol. The van der Waals surface area contributed by atoms with Crippen LogP contribution in [0.5, 0.6) is 0 Å². The average Bonchev–Trinajstić information content (AvgIpc) is 2.20. The molecule has 1 rings (SSSR count). The van der Waals surface area contributed by atoms with E-state index in [2.05, 4.69) is 10.1 Å². The lowest BCUT2D eigenvalue weighted by atomic mass is 10.3. The number of ether oxygens (including phenoxy) is 1. The molecule has 0 atom stereocenters. The zero-order valence-corrected chi connectivity index (χ0v) is 9.02. The molecule has 0 aliphatic carbocycles. The van der Waals surface area contributed by atoms with Gasteiger partial charge in [0.2, 0.25) is 0 Å². The molecule has 0 unspecified atom stereocenters. The lowest BCUT2D eigenvalue weighted by molar-refractivity contribution is -0.138. The van der Waals surface area contributed by atoms with E-state index in [-0.39, 0.29) is 12.5 Å². The monoisotopic (exact) mass is 233 g/mol. The van der Waals surface area contributed by atoms with Crippen LogP contribution in [0.3, 0.4) is 0 Å². The third-order valence-corrected chi connectivity index (χ3v) is 2.42. The van der Waals surface area contributed by atoms with Crippen LogP contribution in [0.25, 0.3) is 0 Å². The number of rotatable bonds is 3. The molecule has 0 spiro atoms. The van der Waals surface area contributed by atoms with Crippen LogP contribution in [0.2, 0.25) is 10.0 Å². The van der Waals surface area contributed by atoms with Crippen molar-refractivity contribution in [2.24, 2.45) is 0 Å². The number of hydrogen-bond acceptors (Lipinski definition) is 3. The smallest absolute Gasteiger partial charge is 0.325 e. The van der Waals surface area contributed by atoms with Gasteiger partial charge in [-0.05, 0) is 12.1 Å². The highest BCUT2D eigenvalue weighted by Gasteiger charge is 2.05. The minimum Gasteiger partial charge on any atom is -0.468 e. The number of carbonyl (C=O) groups excluding carboxylic acids is 1. The molecule has 0 heterocycles. The first-order chi connectivity index (χ1) is 6.65. The van der Waals surface area contributed by atoms with Crippen molar-refractivity contribution in [3.63, 3.8) is 0 Å². The number of halogens is 2. The first kappa shape index (κ1) is 11.1. The molecule has 0 aromatic heterocycles. The van der Waals surface area contributed by atoms with Crippen LogP contribution in [0.15, 0.2) is 18.2 Å². The molecular weight excluding hydrogens is 225 g/mol. The summed E-state index contributed by atoms with van der Waals surface area (Å²) in [5, 5.41) is 3.66. The van der Waals surface area contributed by atoms with Gasteiger partial charge in [-0.3, -0.25) is 4.79 Å². The van der Waals surface area contributed by atoms with E-state index < -0.39 is 0 Å². The third-order valence-electron chi connectivity index (χ3n) is 1.60. The van der Waals surface area contributed by atoms with Gasteiger partial charge < -0.3 is 10.1 Å². The second-order valence-corrected chi connectivity index (χ2v) is 3.32. The number of anilines is 1. The number of benzene rings is 1. The first-order valence-corrected chi connectivity index (χ1v) is 4.65. The standard InChI is InChI=1S/C9H9Cl2NO2/c1-14-8(13)5-12-7-4-2-3-6(10)9(7)11/h2-4,12H,5H2,1H3. The Morgan fingerprint density at radius 3 is 2.86 bits per heavy atom. The van der Waals surface area contributed by atoms with Crippen molar-refractivity contribution in [3.05, 3.63) is 28.2 Å². The van der Waals surface area contributed by atoms with Crippen molar-refractivity contribution in [1.82, 2.24) is 0 Å². The van der Waals surface area contributed by atoms with Crippen LogP contribution >= 0.6 is 23.2 Å². The molecule has 0 saturated heterocycles. The van der Waals surface area contributed by atoms with Crippen molar-refractivity contribution >= 4 is 34.9 Å². The Balaban J connectivity index is 2.68. The lowest BCUT2D eigenvalue weighted by Crippen LogP contribution is -2.15. The molecule has 0 bridgehead atoms. The van der Waals surface area contributed by atoms with Crippen molar-refractivity contribution in [2.45, 2.75) is 0 Å². The number of carbonyl (C=O) groups is 1. The fourth-order valence-corrected chi connectivity index (χ4v) is 1.25. The molecule has 0 radical (unpaired) electrons.